The molecule has 4 aliphatic rings. The number of nitrogens with zero attached hydrogens (tertiary/aromatic N) is 4. The molecule has 2 aromatic heterocycles. The summed E-state index contributed by atoms with van der Waals surface area (Å²) in [7, 11) is 2.93. The molecule has 1 N–H and O–H groups in total. The first-order valence-electron chi connectivity index (χ1n) is 22.8. The number of pyridine rings is 2. The van der Waals surface area contributed by atoms with Gasteiger partial charge in [-0.05, 0) is 66.4 Å². The van der Waals surface area contributed by atoms with E-state index in [0.717, 1.165) is 30.4 Å². The minimum absolute atomic E-state index is 0.0364. The van der Waals surface area contributed by atoms with Crippen LogP contribution >= 0.6 is 0 Å². The molecule has 2 aromatic carbocycles. The molecule has 2 unspecified atom stereocenters. The third-order valence-corrected chi connectivity index (χ3v) is 12.8. The number of carbonyl (C=O) groups is 3. The van der Waals surface area contributed by atoms with Gasteiger partial charge >= 0.3 is 42.8 Å². The highest BCUT2D eigenvalue weighted by molar-refractivity contribution is 6.04. The fourth-order valence-corrected chi connectivity index (χ4v) is 9.01. The largest absolute Gasteiger partial charge is 0.495 e. The van der Waals surface area contributed by atoms with E-state index in [2.05, 4.69) is 14.9 Å². The summed E-state index contributed by atoms with van der Waals surface area (Å²) in [4.78, 5) is 46.5. The van der Waals surface area contributed by atoms with Crippen molar-refractivity contribution >= 4 is 28.7 Å². The summed E-state index contributed by atoms with van der Waals surface area (Å²) in [6.07, 6.45) is -33.5. The maximum absolute atomic E-state index is 13.8. The summed E-state index contributed by atoms with van der Waals surface area (Å²) in [5, 5.41) is 9.53. The molecule has 30 heteroatoms. The van der Waals surface area contributed by atoms with E-state index in [1.807, 2.05) is 11.0 Å². The summed E-state index contributed by atoms with van der Waals surface area (Å²) in [5.41, 5.74) is -7.86. The van der Waals surface area contributed by atoms with Crippen LogP contribution < -0.4 is 19.3 Å². The van der Waals surface area contributed by atoms with Crippen LogP contribution in [-0.4, -0.2) is 124 Å². The Bertz CT molecular complexity index is 2810. The van der Waals surface area contributed by atoms with E-state index >= 15 is 0 Å². The standard InChI is InChI=1S/C24H21F9N2O4.C21H21F3N2O3.C3F6O/c1-38-19-10-15-12(8-18(19)35-2-4-39-5-3-35)6-13(20(15)36)7-17-16(22(25,26)27)9-14(11-34-17)21(37,23(28,29)30)24(31,32)33;1-28-19-12-15-13(11-18(19)26-5-7-29-8-6-26)9-14(20(15)27)10-17-16(21(22,23)24)3-2-4-25-17;4-2(5,6)1(10)3(7,8)9/h8-11,13,37H,2-7H2,1H3;2-4,11-12,14H,5-10H2,1H3;. The number of rotatable bonds is 9. The highest BCUT2D eigenvalue weighted by Crippen LogP contribution is 2.51. The number of halogens is 18. The molecule has 4 heterocycles. The van der Waals surface area contributed by atoms with E-state index in [-0.39, 0.29) is 36.1 Å². The maximum Gasteiger partial charge on any atom is 0.459 e. The Balaban J connectivity index is 0.000000221. The predicted molar refractivity (Wildman–Crippen MR) is 234 cm³/mol. The fourth-order valence-electron chi connectivity index (χ4n) is 9.01. The Kier molecular flexibility index (Phi) is 17.7. The smallest absolute Gasteiger partial charge is 0.459 e. The second-order valence-corrected chi connectivity index (χ2v) is 17.7. The van der Waals surface area contributed by atoms with Crippen LogP contribution in [0.2, 0.25) is 0 Å². The van der Waals surface area contributed by atoms with E-state index in [1.54, 1.807) is 19.2 Å². The number of alkyl halides is 18. The molecule has 2 saturated heterocycles. The number of hydrogen-bond acceptors (Lipinski definition) is 12. The zero-order valence-corrected chi connectivity index (χ0v) is 40.2. The molecule has 0 bridgehead atoms. The van der Waals surface area contributed by atoms with E-state index in [1.165, 1.54) is 25.4 Å². The zero-order valence-electron chi connectivity index (χ0n) is 40.2. The minimum atomic E-state index is -6.39. The normalized spacial score (nSPS) is 18.4. The molecule has 78 heavy (non-hydrogen) atoms. The van der Waals surface area contributed by atoms with Crippen molar-refractivity contribution in [1.82, 2.24) is 9.97 Å². The molecule has 2 aliphatic carbocycles. The summed E-state index contributed by atoms with van der Waals surface area (Å²) in [6, 6.07) is 8.62. The molecule has 0 radical (unpaired) electrons. The first-order chi connectivity index (χ1) is 36.0. The molecular formula is C48H42F18N4O8. The Morgan fingerprint density at radius 3 is 1.35 bits per heavy atom. The molecule has 0 amide bonds. The van der Waals surface area contributed by atoms with Gasteiger partial charge in [0.25, 0.3) is 5.60 Å². The maximum atomic E-state index is 13.8. The number of fused-ring (bicyclic) bond motifs is 2. The van der Waals surface area contributed by atoms with Crippen molar-refractivity contribution in [1.29, 1.82) is 0 Å². The van der Waals surface area contributed by atoms with Gasteiger partial charge in [-0.15, -0.1) is 0 Å². The number of ketones is 3. The van der Waals surface area contributed by atoms with Gasteiger partial charge in [0.1, 0.15) is 11.5 Å². The van der Waals surface area contributed by atoms with Crippen molar-refractivity contribution in [2.45, 2.75) is 68.3 Å². The van der Waals surface area contributed by atoms with Gasteiger partial charge in [0.15, 0.2) is 11.6 Å². The van der Waals surface area contributed by atoms with Crippen LogP contribution in [0.3, 0.4) is 0 Å². The van der Waals surface area contributed by atoms with Crippen LogP contribution in [0.25, 0.3) is 0 Å². The number of aromatic nitrogens is 2. The van der Waals surface area contributed by atoms with Crippen molar-refractivity contribution in [3.8, 4) is 11.5 Å². The van der Waals surface area contributed by atoms with Crippen molar-refractivity contribution in [3.05, 3.63) is 105 Å². The molecule has 12 nitrogen and oxygen atoms in total. The monoisotopic (exact) mass is 1140 g/mol. The van der Waals surface area contributed by atoms with Gasteiger partial charge in [0, 0.05) is 79.9 Å². The third kappa shape index (κ3) is 13.2. The molecule has 2 fully saturated rings. The van der Waals surface area contributed by atoms with E-state index < -0.39 is 101 Å². The number of hydrogen-bond donors (Lipinski definition) is 1. The average Bonchev–Trinajstić information content (AvgIpc) is 3.85. The second kappa shape index (κ2) is 22.7. The third-order valence-electron chi connectivity index (χ3n) is 12.8. The van der Waals surface area contributed by atoms with Gasteiger partial charge in [0.2, 0.25) is 0 Å². The summed E-state index contributed by atoms with van der Waals surface area (Å²) in [6.45, 7) is 4.61. The zero-order chi connectivity index (χ0) is 58.1. The highest BCUT2D eigenvalue weighted by atomic mass is 19.4. The Hall–Kier alpha value is -6.43. The number of benzene rings is 2. The predicted octanol–water partition coefficient (Wildman–Crippen LogP) is 10.1. The molecular weight excluding hydrogens is 1100 g/mol. The number of aliphatic hydroxyl groups is 1. The topological polar surface area (TPSA) is 141 Å². The lowest BCUT2D eigenvalue weighted by Crippen LogP contribution is -2.54. The van der Waals surface area contributed by atoms with Crippen LogP contribution in [0.4, 0.5) is 90.4 Å². The number of methoxy groups -OCH3 is 2. The van der Waals surface area contributed by atoms with Crippen LogP contribution in [0, 0.1) is 11.8 Å². The molecule has 0 spiro atoms. The Morgan fingerprint density at radius 2 is 1.00 bits per heavy atom. The molecule has 0 saturated carbocycles. The van der Waals surface area contributed by atoms with Gasteiger partial charge < -0.3 is 33.9 Å². The molecule has 2 aliphatic heterocycles. The number of anilines is 2. The number of Topliss-reactive ketones (excluding diaryl/α,β-unsaturated/α-hetero) is 3. The van der Waals surface area contributed by atoms with Gasteiger partial charge in [-0.2, -0.15) is 79.0 Å². The average molecular weight is 1140 g/mol. The highest BCUT2D eigenvalue weighted by Gasteiger charge is 2.72. The minimum Gasteiger partial charge on any atom is -0.495 e. The molecule has 4 aromatic rings. The lowest BCUT2D eigenvalue weighted by atomic mass is 9.90. The summed E-state index contributed by atoms with van der Waals surface area (Å²) >= 11 is 0. The van der Waals surface area contributed by atoms with Gasteiger partial charge in [-0.25, -0.2) is 0 Å². The van der Waals surface area contributed by atoms with Crippen LogP contribution in [0.1, 0.15) is 59.9 Å². The van der Waals surface area contributed by atoms with E-state index in [4.69, 9.17) is 18.9 Å². The number of morpholine rings is 2. The second-order valence-electron chi connectivity index (χ2n) is 17.7. The van der Waals surface area contributed by atoms with Gasteiger partial charge in [-0.1, -0.05) is 0 Å². The number of carbonyl (C=O) groups excluding carboxylic acids is 3. The van der Waals surface area contributed by atoms with Crippen molar-refractivity contribution in [3.63, 3.8) is 0 Å². The fraction of sp³-hybridized carbons (Fsp3) is 0.479. The first kappa shape index (κ1) is 60.8. The number of ether oxygens (including phenoxy) is 4. The summed E-state index contributed by atoms with van der Waals surface area (Å²) < 4.78 is 247. The molecule has 2 atom stereocenters. The lowest BCUT2D eigenvalue weighted by Gasteiger charge is -2.33. The van der Waals surface area contributed by atoms with Crippen molar-refractivity contribution in [2.24, 2.45) is 11.8 Å². The van der Waals surface area contributed by atoms with Crippen LogP contribution in [0.5, 0.6) is 11.5 Å². The Labute approximate surface area is 429 Å². The SMILES string of the molecule is COc1cc2c(cc1N1CCOCC1)CC(Cc1ncc(C(O)(C(F)(F)F)C(F)(F)F)cc1C(F)(F)F)C2=O.COc1cc2c(cc1N1CCOCC1)CC(Cc1ncccc1C(F)(F)F)C2=O.O=C(C(F)(F)F)C(F)(F)F. The van der Waals surface area contributed by atoms with Crippen LogP contribution in [-0.2, 0) is 57.9 Å². The lowest BCUT2D eigenvalue weighted by molar-refractivity contribution is -0.376. The van der Waals surface area contributed by atoms with E-state index in [0.29, 0.717) is 74.3 Å². The van der Waals surface area contributed by atoms with Gasteiger partial charge in [-0.3, -0.25) is 24.4 Å². The first-order valence-corrected chi connectivity index (χ1v) is 22.8. The molecule has 428 valence electrons. The van der Waals surface area contributed by atoms with Gasteiger partial charge in [0.05, 0.1) is 74.5 Å². The summed E-state index contributed by atoms with van der Waals surface area (Å²) in [5.74, 6) is -5.16. The van der Waals surface area contributed by atoms with Crippen molar-refractivity contribution < 1.29 is 117 Å². The van der Waals surface area contributed by atoms with E-state index in [9.17, 15) is 98.5 Å². The molecule has 8 rings (SSSR count). The Morgan fingerprint density at radius 1 is 0.603 bits per heavy atom. The van der Waals surface area contributed by atoms with Crippen molar-refractivity contribution in [2.75, 3.05) is 76.6 Å². The van der Waals surface area contributed by atoms with Crippen LogP contribution in [0.15, 0.2) is 54.9 Å². The quantitative estimate of drug-likeness (QED) is 0.160.